The summed E-state index contributed by atoms with van der Waals surface area (Å²) >= 11 is 5.91. The SMILES string of the molecule is COc1ccc(Cl)cc1NC(=O)Cn1nc(C)c(C)c(C#N)c1=O. The van der Waals surface area contributed by atoms with Crippen molar-refractivity contribution in [3.05, 3.63) is 50.4 Å². The summed E-state index contributed by atoms with van der Waals surface area (Å²) in [5.41, 5.74) is 0.784. The van der Waals surface area contributed by atoms with Gasteiger partial charge in [0.2, 0.25) is 5.91 Å². The minimum absolute atomic E-state index is 0.0179. The maximum absolute atomic E-state index is 12.2. The molecule has 124 valence electrons. The predicted molar refractivity (Wildman–Crippen MR) is 89.3 cm³/mol. The number of rotatable bonds is 4. The molecule has 0 radical (unpaired) electrons. The van der Waals surface area contributed by atoms with Crippen LogP contribution in [0.3, 0.4) is 0 Å². The Kier molecular flexibility index (Phi) is 5.21. The number of anilines is 1. The number of nitriles is 1. The first-order chi connectivity index (χ1) is 11.4. The second-order valence-electron chi connectivity index (χ2n) is 5.05. The zero-order valence-electron chi connectivity index (χ0n) is 13.4. The average molecular weight is 347 g/mol. The van der Waals surface area contributed by atoms with Gasteiger partial charge in [0.05, 0.1) is 18.5 Å². The Morgan fingerprint density at radius 2 is 2.17 bits per heavy atom. The summed E-state index contributed by atoms with van der Waals surface area (Å²) in [6.45, 7) is 2.98. The van der Waals surface area contributed by atoms with E-state index in [2.05, 4.69) is 10.4 Å². The largest absolute Gasteiger partial charge is 0.495 e. The Bertz CT molecular complexity index is 899. The van der Waals surface area contributed by atoms with Crippen LogP contribution < -0.4 is 15.6 Å². The molecule has 0 spiro atoms. The number of amides is 1. The Morgan fingerprint density at radius 1 is 1.46 bits per heavy atom. The number of nitrogens with zero attached hydrogens (tertiary/aromatic N) is 3. The molecule has 1 amide bonds. The van der Waals surface area contributed by atoms with Gasteiger partial charge in [-0.05, 0) is 37.6 Å². The van der Waals surface area contributed by atoms with E-state index >= 15 is 0 Å². The zero-order valence-corrected chi connectivity index (χ0v) is 14.1. The average Bonchev–Trinajstić information content (AvgIpc) is 2.53. The Hall–Kier alpha value is -2.85. The van der Waals surface area contributed by atoms with Crippen molar-refractivity contribution >= 4 is 23.2 Å². The van der Waals surface area contributed by atoms with Gasteiger partial charge in [0.25, 0.3) is 5.56 Å². The third-order valence-corrected chi connectivity index (χ3v) is 3.71. The molecule has 7 nitrogen and oxygen atoms in total. The first-order valence-corrected chi connectivity index (χ1v) is 7.37. The van der Waals surface area contributed by atoms with Gasteiger partial charge in [0.15, 0.2) is 0 Å². The van der Waals surface area contributed by atoms with E-state index in [1.807, 2.05) is 6.07 Å². The van der Waals surface area contributed by atoms with Crippen molar-refractivity contribution in [1.82, 2.24) is 9.78 Å². The molecule has 0 aliphatic heterocycles. The number of aromatic nitrogens is 2. The molecule has 0 atom stereocenters. The van der Waals surface area contributed by atoms with Gasteiger partial charge in [-0.2, -0.15) is 10.4 Å². The smallest absolute Gasteiger partial charge is 0.285 e. The Balaban J connectivity index is 2.29. The van der Waals surface area contributed by atoms with Crippen LogP contribution in [0.25, 0.3) is 0 Å². The fourth-order valence-corrected chi connectivity index (χ4v) is 2.29. The lowest BCUT2D eigenvalue weighted by molar-refractivity contribution is -0.117. The van der Waals surface area contributed by atoms with E-state index in [9.17, 15) is 9.59 Å². The molecule has 2 aromatic rings. The van der Waals surface area contributed by atoms with Crippen molar-refractivity contribution in [2.75, 3.05) is 12.4 Å². The lowest BCUT2D eigenvalue weighted by atomic mass is 10.1. The summed E-state index contributed by atoms with van der Waals surface area (Å²) in [4.78, 5) is 24.4. The van der Waals surface area contributed by atoms with E-state index in [1.54, 1.807) is 26.0 Å². The van der Waals surface area contributed by atoms with Crippen LogP contribution in [-0.4, -0.2) is 22.8 Å². The van der Waals surface area contributed by atoms with Crippen LogP contribution in [0.15, 0.2) is 23.0 Å². The minimum Gasteiger partial charge on any atom is -0.495 e. The molecule has 8 heteroatoms. The van der Waals surface area contributed by atoms with Gasteiger partial charge in [-0.25, -0.2) is 4.68 Å². The monoisotopic (exact) mass is 346 g/mol. The maximum atomic E-state index is 12.2. The molecule has 0 saturated carbocycles. The second kappa shape index (κ2) is 7.15. The van der Waals surface area contributed by atoms with E-state index in [1.165, 1.54) is 13.2 Å². The first kappa shape index (κ1) is 17.5. The summed E-state index contributed by atoms with van der Waals surface area (Å²) < 4.78 is 6.11. The first-order valence-electron chi connectivity index (χ1n) is 6.99. The van der Waals surface area contributed by atoms with Crippen LogP contribution in [0.1, 0.15) is 16.8 Å². The van der Waals surface area contributed by atoms with E-state index < -0.39 is 11.5 Å². The number of methoxy groups -OCH3 is 1. The number of aryl methyl sites for hydroxylation is 1. The molecule has 0 saturated heterocycles. The predicted octanol–water partition coefficient (Wildman–Crippen LogP) is 2.03. The van der Waals surface area contributed by atoms with Crippen molar-refractivity contribution < 1.29 is 9.53 Å². The topological polar surface area (TPSA) is 97.0 Å². The number of benzene rings is 1. The highest BCUT2D eigenvalue weighted by molar-refractivity contribution is 6.31. The fourth-order valence-electron chi connectivity index (χ4n) is 2.11. The molecule has 0 unspecified atom stereocenters. The van der Waals surface area contributed by atoms with Gasteiger partial charge in [-0.15, -0.1) is 0 Å². The molecule has 0 aliphatic carbocycles. The molecule has 24 heavy (non-hydrogen) atoms. The molecular weight excluding hydrogens is 332 g/mol. The number of carbonyl (C=O) groups is 1. The van der Waals surface area contributed by atoms with Gasteiger partial charge < -0.3 is 10.1 Å². The standard InChI is InChI=1S/C16H15ClN4O3/c1-9-10(2)20-21(16(23)12(9)7-18)8-15(22)19-13-6-11(17)4-5-14(13)24-3/h4-6H,8H2,1-3H3,(H,19,22). The van der Waals surface area contributed by atoms with Crippen LogP contribution in [-0.2, 0) is 11.3 Å². The Labute approximate surface area is 143 Å². The van der Waals surface area contributed by atoms with Gasteiger partial charge >= 0.3 is 0 Å². The van der Waals surface area contributed by atoms with E-state index in [-0.39, 0.29) is 12.1 Å². The highest BCUT2D eigenvalue weighted by Gasteiger charge is 2.15. The molecular formula is C16H15ClN4O3. The lowest BCUT2D eigenvalue weighted by Crippen LogP contribution is -2.32. The quantitative estimate of drug-likeness (QED) is 0.913. The molecule has 0 bridgehead atoms. The van der Waals surface area contributed by atoms with Gasteiger partial charge in [0, 0.05) is 5.02 Å². The van der Waals surface area contributed by atoms with Crippen molar-refractivity contribution in [3.8, 4) is 11.8 Å². The second-order valence-corrected chi connectivity index (χ2v) is 5.49. The van der Waals surface area contributed by atoms with Crippen LogP contribution in [0.4, 0.5) is 5.69 Å². The lowest BCUT2D eigenvalue weighted by Gasteiger charge is -2.12. The van der Waals surface area contributed by atoms with Crippen LogP contribution in [0.5, 0.6) is 5.75 Å². The highest BCUT2D eigenvalue weighted by Crippen LogP contribution is 2.27. The van der Waals surface area contributed by atoms with Crippen molar-refractivity contribution in [3.63, 3.8) is 0 Å². The number of nitrogens with one attached hydrogen (secondary N) is 1. The van der Waals surface area contributed by atoms with Crippen molar-refractivity contribution in [1.29, 1.82) is 5.26 Å². The summed E-state index contributed by atoms with van der Waals surface area (Å²) in [5, 5.41) is 16.2. The van der Waals surface area contributed by atoms with Crippen molar-refractivity contribution in [2.24, 2.45) is 0 Å². The zero-order chi connectivity index (χ0) is 17.9. The number of carbonyl (C=O) groups excluding carboxylic acids is 1. The van der Waals surface area contributed by atoms with Gasteiger partial charge in [-0.3, -0.25) is 9.59 Å². The number of halogens is 1. The third kappa shape index (κ3) is 3.55. The molecule has 0 aliphatic rings. The van der Waals surface area contributed by atoms with E-state index in [4.69, 9.17) is 21.6 Å². The minimum atomic E-state index is -0.603. The molecule has 0 fully saturated rings. The fraction of sp³-hybridized carbons (Fsp3) is 0.250. The molecule has 1 heterocycles. The molecule has 1 aromatic carbocycles. The normalized spacial score (nSPS) is 10.1. The molecule has 2 rings (SSSR count). The molecule has 1 N–H and O–H groups in total. The Morgan fingerprint density at radius 3 is 2.79 bits per heavy atom. The summed E-state index contributed by atoms with van der Waals surface area (Å²) in [6, 6.07) is 6.64. The van der Waals surface area contributed by atoms with E-state index in [0.29, 0.717) is 27.7 Å². The summed E-state index contributed by atoms with van der Waals surface area (Å²) in [6.07, 6.45) is 0. The van der Waals surface area contributed by atoms with Gasteiger partial charge in [-0.1, -0.05) is 11.6 Å². The van der Waals surface area contributed by atoms with E-state index in [0.717, 1.165) is 4.68 Å². The maximum Gasteiger partial charge on any atom is 0.285 e. The number of ether oxygens (including phenoxy) is 1. The third-order valence-electron chi connectivity index (χ3n) is 3.48. The van der Waals surface area contributed by atoms with Crippen molar-refractivity contribution in [2.45, 2.75) is 20.4 Å². The molecule has 1 aromatic heterocycles. The summed E-state index contributed by atoms with van der Waals surface area (Å²) in [7, 11) is 1.47. The van der Waals surface area contributed by atoms with Crippen LogP contribution >= 0.6 is 11.6 Å². The number of hydrogen-bond donors (Lipinski definition) is 1. The van der Waals surface area contributed by atoms with Crippen LogP contribution in [0, 0.1) is 25.2 Å². The highest BCUT2D eigenvalue weighted by atomic mass is 35.5. The summed E-state index contributed by atoms with van der Waals surface area (Å²) in [5.74, 6) is -0.0526. The van der Waals surface area contributed by atoms with Gasteiger partial charge in [0.1, 0.15) is 23.9 Å². The van der Waals surface area contributed by atoms with Crippen LogP contribution in [0.2, 0.25) is 5.02 Å². The number of hydrogen-bond acceptors (Lipinski definition) is 5.